The molecule has 0 spiro atoms. The van der Waals surface area contributed by atoms with Gasteiger partial charge in [0.15, 0.2) is 5.78 Å². The monoisotopic (exact) mass is 156 g/mol. The first-order valence-electron chi connectivity index (χ1n) is 2.90. The van der Waals surface area contributed by atoms with Gasteiger partial charge in [-0.15, -0.1) is 0 Å². The molecule has 0 aliphatic heterocycles. The lowest BCUT2D eigenvalue weighted by Crippen LogP contribution is -2.17. The van der Waals surface area contributed by atoms with E-state index in [-0.39, 0.29) is 5.57 Å². The molecule has 0 atom stereocenters. The van der Waals surface area contributed by atoms with Gasteiger partial charge in [0, 0.05) is 0 Å². The van der Waals surface area contributed by atoms with Crippen LogP contribution in [0.2, 0.25) is 0 Å². The highest BCUT2D eigenvalue weighted by atomic mass is 16.4. The highest BCUT2D eigenvalue weighted by Gasteiger charge is 2.16. The van der Waals surface area contributed by atoms with Gasteiger partial charge in [0.05, 0.1) is 6.42 Å². The molecule has 0 aromatic rings. The number of hydrogen-bond donors (Lipinski definition) is 1. The molecule has 0 aromatic carbocycles. The molecule has 0 bridgehead atoms. The van der Waals surface area contributed by atoms with Crippen LogP contribution in [0.4, 0.5) is 0 Å². The van der Waals surface area contributed by atoms with Gasteiger partial charge >= 0.3 is 5.97 Å². The Bertz CT molecular complexity index is 203. The van der Waals surface area contributed by atoms with E-state index in [1.54, 1.807) is 0 Å². The van der Waals surface area contributed by atoms with Crippen molar-refractivity contribution in [2.45, 2.75) is 13.3 Å². The van der Waals surface area contributed by atoms with Gasteiger partial charge in [0.2, 0.25) is 5.78 Å². The third kappa shape index (κ3) is 3.30. The number of carboxylic acids is 1. The summed E-state index contributed by atoms with van der Waals surface area (Å²) in [4.78, 5) is 31.0. The van der Waals surface area contributed by atoms with E-state index in [4.69, 9.17) is 5.11 Å². The smallest absolute Gasteiger partial charge is 0.372 e. The molecule has 4 heteroatoms. The number of hydrogen-bond acceptors (Lipinski definition) is 3. The lowest BCUT2D eigenvalue weighted by Gasteiger charge is -1.93. The summed E-state index contributed by atoms with van der Waals surface area (Å²) >= 11 is 0. The number of carboxylic acid groups (broad SMARTS) is 1. The molecule has 0 unspecified atom stereocenters. The summed E-state index contributed by atoms with van der Waals surface area (Å²) < 4.78 is 0. The van der Waals surface area contributed by atoms with Crippen molar-refractivity contribution >= 4 is 17.5 Å². The van der Waals surface area contributed by atoms with Crippen molar-refractivity contribution in [2.75, 3.05) is 0 Å². The topological polar surface area (TPSA) is 71.4 Å². The number of ketones is 2. The van der Waals surface area contributed by atoms with Crippen LogP contribution in [0.3, 0.4) is 0 Å². The van der Waals surface area contributed by atoms with Gasteiger partial charge in [-0.1, -0.05) is 6.58 Å². The van der Waals surface area contributed by atoms with E-state index < -0.39 is 24.0 Å². The molecule has 4 nitrogen and oxygen atoms in total. The summed E-state index contributed by atoms with van der Waals surface area (Å²) in [6.45, 7) is 4.70. The zero-order chi connectivity index (χ0) is 9.02. The zero-order valence-corrected chi connectivity index (χ0v) is 6.09. The van der Waals surface area contributed by atoms with Crippen LogP contribution in [0.25, 0.3) is 0 Å². The number of Topliss-reactive ketones (excluding diaryl/α,β-unsaturated/α-hetero) is 2. The third-order valence-electron chi connectivity index (χ3n) is 1.04. The fourth-order valence-corrected chi connectivity index (χ4v) is 0.372. The van der Waals surface area contributed by atoms with Gasteiger partial charge in [0.1, 0.15) is 0 Å². The first-order chi connectivity index (χ1) is 4.95. The molecule has 0 amide bonds. The number of aliphatic carboxylic acids is 1. The highest BCUT2D eigenvalue weighted by molar-refractivity contribution is 6.37. The van der Waals surface area contributed by atoms with Gasteiger partial charge < -0.3 is 5.11 Å². The van der Waals surface area contributed by atoms with Crippen LogP contribution in [0.5, 0.6) is 0 Å². The van der Waals surface area contributed by atoms with E-state index in [1.807, 2.05) is 0 Å². The van der Waals surface area contributed by atoms with Crippen LogP contribution in [-0.4, -0.2) is 22.6 Å². The fraction of sp³-hybridized carbons (Fsp3) is 0.286. The van der Waals surface area contributed by atoms with Crippen LogP contribution in [-0.2, 0) is 14.4 Å². The van der Waals surface area contributed by atoms with Crippen molar-refractivity contribution < 1.29 is 19.5 Å². The average molecular weight is 156 g/mol. The van der Waals surface area contributed by atoms with Gasteiger partial charge in [-0.3, -0.25) is 9.59 Å². The van der Waals surface area contributed by atoms with E-state index in [1.165, 1.54) is 6.92 Å². The fourth-order valence-electron chi connectivity index (χ4n) is 0.372. The summed E-state index contributed by atoms with van der Waals surface area (Å²) in [6.07, 6.45) is -0.593. The predicted octanol–water partition coefficient (Wildman–Crippen LogP) is 0.175. The summed E-state index contributed by atoms with van der Waals surface area (Å²) in [5.41, 5.74) is 0.194. The highest BCUT2D eigenvalue weighted by Crippen LogP contribution is 1.95. The number of carbonyl (C=O) groups excluding carboxylic acids is 2. The zero-order valence-electron chi connectivity index (χ0n) is 6.09. The molecule has 0 saturated carbocycles. The maximum Gasteiger partial charge on any atom is 0.372 e. The SMILES string of the molecule is C=C(C)C(=O)CC(=O)C(=O)O. The maximum atomic E-state index is 10.7. The minimum Gasteiger partial charge on any atom is -0.475 e. The van der Waals surface area contributed by atoms with Crippen molar-refractivity contribution in [3.05, 3.63) is 12.2 Å². The number of allylic oxidation sites excluding steroid dienone is 1. The third-order valence-corrected chi connectivity index (χ3v) is 1.04. The minimum atomic E-state index is -1.58. The summed E-state index contributed by atoms with van der Waals surface area (Å²) in [6, 6.07) is 0. The van der Waals surface area contributed by atoms with Crippen molar-refractivity contribution in [1.82, 2.24) is 0 Å². The Kier molecular flexibility index (Phi) is 3.17. The van der Waals surface area contributed by atoms with Crippen LogP contribution in [0.15, 0.2) is 12.2 Å². The Hall–Kier alpha value is -1.45. The molecule has 60 valence electrons. The largest absolute Gasteiger partial charge is 0.475 e. The summed E-state index contributed by atoms with van der Waals surface area (Å²) in [5.74, 6) is -3.21. The van der Waals surface area contributed by atoms with E-state index in [2.05, 4.69) is 6.58 Å². The molecule has 1 N–H and O–H groups in total. The van der Waals surface area contributed by atoms with Crippen molar-refractivity contribution in [3.63, 3.8) is 0 Å². The first kappa shape index (κ1) is 9.55. The minimum absolute atomic E-state index is 0.194. The molecular weight excluding hydrogens is 148 g/mol. The molecule has 0 saturated heterocycles. The lowest BCUT2D eigenvalue weighted by molar-refractivity contribution is -0.149. The van der Waals surface area contributed by atoms with Gasteiger partial charge in [0.25, 0.3) is 0 Å². The van der Waals surface area contributed by atoms with E-state index in [0.717, 1.165) is 0 Å². The normalized spacial score (nSPS) is 8.82. The molecule has 0 rings (SSSR count). The van der Waals surface area contributed by atoms with Crippen molar-refractivity contribution in [2.24, 2.45) is 0 Å². The van der Waals surface area contributed by atoms with Crippen LogP contribution in [0.1, 0.15) is 13.3 Å². The van der Waals surface area contributed by atoms with Crippen LogP contribution >= 0.6 is 0 Å². The van der Waals surface area contributed by atoms with Crippen LogP contribution in [0, 0.1) is 0 Å². The van der Waals surface area contributed by atoms with Gasteiger partial charge in [-0.05, 0) is 12.5 Å². The summed E-state index contributed by atoms with van der Waals surface area (Å²) in [7, 11) is 0. The Morgan fingerprint density at radius 2 is 1.73 bits per heavy atom. The van der Waals surface area contributed by atoms with E-state index in [0.29, 0.717) is 0 Å². The standard InChI is InChI=1S/C7H8O4/c1-4(2)5(8)3-6(9)7(10)11/h1,3H2,2H3,(H,10,11). The molecular formula is C7H8O4. The average Bonchev–Trinajstić information content (AvgIpc) is 1.87. The Balaban J connectivity index is 4.07. The maximum absolute atomic E-state index is 10.7. The number of rotatable bonds is 4. The Morgan fingerprint density at radius 3 is 2.00 bits per heavy atom. The van der Waals surface area contributed by atoms with E-state index >= 15 is 0 Å². The van der Waals surface area contributed by atoms with Gasteiger partial charge in [-0.2, -0.15) is 0 Å². The van der Waals surface area contributed by atoms with E-state index in [9.17, 15) is 14.4 Å². The first-order valence-corrected chi connectivity index (χ1v) is 2.90. The quantitative estimate of drug-likeness (QED) is 0.358. The molecule has 0 fully saturated rings. The predicted molar refractivity (Wildman–Crippen MR) is 37.1 cm³/mol. The molecule has 0 aliphatic rings. The molecule has 0 radical (unpaired) electrons. The second-order valence-corrected chi connectivity index (χ2v) is 2.11. The van der Waals surface area contributed by atoms with Crippen LogP contribution < -0.4 is 0 Å². The Labute approximate surface area is 63.5 Å². The molecule has 0 aliphatic carbocycles. The Morgan fingerprint density at radius 1 is 1.27 bits per heavy atom. The number of carbonyl (C=O) groups is 3. The second-order valence-electron chi connectivity index (χ2n) is 2.11. The lowest BCUT2D eigenvalue weighted by atomic mass is 10.1. The van der Waals surface area contributed by atoms with Gasteiger partial charge in [-0.25, -0.2) is 4.79 Å². The van der Waals surface area contributed by atoms with Crippen molar-refractivity contribution in [1.29, 1.82) is 0 Å². The molecule has 0 heterocycles. The molecule has 0 aromatic heterocycles. The summed E-state index contributed by atoms with van der Waals surface area (Å²) in [5, 5.41) is 8.08. The second kappa shape index (κ2) is 3.65. The van der Waals surface area contributed by atoms with Crippen molar-refractivity contribution in [3.8, 4) is 0 Å². The molecule has 11 heavy (non-hydrogen) atoms.